The molecule has 158 valence electrons. The van der Waals surface area contributed by atoms with Crippen molar-refractivity contribution >= 4 is 29.1 Å². The molecular formula is C19H27ClN6O3. The molecule has 2 aliphatic heterocycles. The number of amides is 1. The smallest absolute Gasteiger partial charge is 0.222 e. The standard InChI is InChI=1S/C19H27ClN6O3/c1-19(24-25-19)7-4-18(29)26-8-5-13(6-9-26)23-17-10-15(21-12-22-17)16(28)3-2-14(27)11-20/h10,12-14,27H,2-9,11H2,1H3,(H,21,22,23)/t14-/m0/s1. The summed E-state index contributed by atoms with van der Waals surface area (Å²) in [6.45, 7) is 3.31. The van der Waals surface area contributed by atoms with Crippen LogP contribution in [0.1, 0.15) is 55.9 Å². The predicted octanol–water partition coefficient (Wildman–Crippen LogP) is 2.40. The molecule has 1 fully saturated rings. The van der Waals surface area contributed by atoms with Crippen LogP contribution < -0.4 is 5.32 Å². The Morgan fingerprint density at radius 3 is 2.69 bits per heavy atom. The minimum Gasteiger partial charge on any atom is -0.392 e. The summed E-state index contributed by atoms with van der Waals surface area (Å²) >= 11 is 5.56. The van der Waals surface area contributed by atoms with Gasteiger partial charge in [0.1, 0.15) is 17.8 Å². The average molecular weight is 423 g/mol. The van der Waals surface area contributed by atoms with Crippen LogP contribution in [0.2, 0.25) is 0 Å². The highest BCUT2D eigenvalue weighted by atomic mass is 35.5. The third kappa shape index (κ3) is 6.43. The minimum atomic E-state index is -0.691. The van der Waals surface area contributed by atoms with E-state index in [-0.39, 0.29) is 35.7 Å². The van der Waals surface area contributed by atoms with Crippen LogP contribution in [0.25, 0.3) is 0 Å². The number of rotatable bonds is 10. The van der Waals surface area contributed by atoms with Crippen LogP contribution in [0.4, 0.5) is 5.82 Å². The van der Waals surface area contributed by atoms with Gasteiger partial charge < -0.3 is 15.3 Å². The van der Waals surface area contributed by atoms with Gasteiger partial charge in [-0.1, -0.05) is 0 Å². The number of hydrogen-bond donors (Lipinski definition) is 2. The fourth-order valence-corrected chi connectivity index (χ4v) is 3.42. The van der Waals surface area contributed by atoms with E-state index in [1.165, 1.54) is 6.33 Å². The molecule has 3 heterocycles. The van der Waals surface area contributed by atoms with Crippen LogP contribution in [-0.4, -0.2) is 68.4 Å². The summed E-state index contributed by atoms with van der Waals surface area (Å²) in [6.07, 6.45) is 3.93. The number of nitrogens with one attached hydrogen (secondary N) is 1. The second-order valence-electron chi connectivity index (χ2n) is 7.77. The van der Waals surface area contributed by atoms with Crippen LogP contribution in [0.5, 0.6) is 0 Å². The fraction of sp³-hybridized carbons (Fsp3) is 0.684. The Bertz CT molecular complexity index is 760. The molecule has 0 saturated carbocycles. The summed E-state index contributed by atoms with van der Waals surface area (Å²) in [6, 6.07) is 1.82. The first-order chi connectivity index (χ1) is 13.9. The molecule has 3 rings (SSSR count). The van der Waals surface area contributed by atoms with E-state index in [1.807, 2.05) is 11.8 Å². The summed E-state index contributed by atoms with van der Waals surface area (Å²) in [7, 11) is 0. The van der Waals surface area contributed by atoms with Gasteiger partial charge in [0.15, 0.2) is 11.4 Å². The van der Waals surface area contributed by atoms with Crippen molar-refractivity contribution in [2.45, 2.75) is 63.3 Å². The second kappa shape index (κ2) is 9.58. The first-order valence-corrected chi connectivity index (χ1v) is 10.5. The van der Waals surface area contributed by atoms with Gasteiger partial charge in [0.05, 0.1) is 6.10 Å². The summed E-state index contributed by atoms with van der Waals surface area (Å²) in [5.74, 6) is 0.699. The van der Waals surface area contributed by atoms with Gasteiger partial charge in [-0.05, 0) is 26.2 Å². The lowest BCUT2D eigenvalue weighted by molar-refractivity contribution is -0.132. The van der Waals surface area contributed by atoms with Crippen molar-refractivity contribution in [3.63, 3.8) is 0 Å². The molecule has 10 heteroatoms. The molecule has 0 spiro atoms. The number of Topliss-reactive ketones (excluding diaryl/α,β-unsaturated/α-hetero) is 1. The third-order valence-electron chi connectivity index (χ3n) is 5.29. The highest BCUT2D eigenvalue weighted by molar-refractivity contribution is 6.18. The van der Waals surface area contributed by atoms with Gasteiger partial charge in [0, 0.05) is 50.3 Å². The van der Waals surface area contributed by atoms with Crippen LogP contribution in [0.15, 0.2) is 22.6 Å². The van der Waals surface area contributed by atoms with Gasteiger partial charge in [-0.3, -0.25) is 9.59 Å². The Balaban J connectivity index is 1.44. The zero-order valence-corrected chi connectivity index (χ0v) is 17.3. The molecule has 1 saturated heterocycles. The van der Waals surface area contributed by atoms with E-state index in [9.17, 15) is 14.7 Å². The number of halogens is 1. The maximum Gasteiger partial charge on any atom is 0.222 e. The molecule has 1 aromatic heterocycles. The number of nitrogens with zero attached hydrogens (tertiary/aromatic N) is 5. The molecule has 0 aromatic carbocycles. The molecule has 2 N–H and O–H groups in total. The predicted molar refractivity (Wildman–Crippen MR) is 108 cm³/mol. The number of aromatic nitrogens is 2. The number of carbonyl (C=O) groups is 2. The molecular weight excluding hydrogens is 396 g/mol. The number of hydrogen-bond acceptors (Lipinski definition) is 8. The van der Waals surface area contributed by atoms with Gasteiger partial charge in [-0.15, -0.1) is 11.6 Å². The van der Waals surface area contributed by atoms with Crippen molar-refractivity contribution in [3.8, 4) is 0 Å². The molecule has 29 heavy (non-hydrogen) atoms. The van der Waals surface area contributed by atoms with Gasteiger partial charge in [-0.2, -0.15) is 10.2 Å². The van der Waals surface area contributed by atoms with Gasteiger partial charge in [-0.25, -0.2) is 9.97 Å². The lowest BCUT2D eigenvalue weighted by Gasteiger charge is -2.32. The Hall–Kier alpha value is -2.13. The maximum atomic E-state index is 12.3. The Morgan fingerprint density at radius 1 is 1.31 bits per heavy atom. The van der Waals surface area contributed by atoms with E-state index >= 15 is 0 Å². The first kappa shape index (κ1) is 21.6. The number of anilines is 1. The van der Waals surface area contributed by atoms with Crippen molar-refractivity contribution < 1.29 is 14.7 Å². The zero-order chi connectivity index (χ0) is 20.9. The fourth-order valence-electron chi connectivity index (χ4n) is 3.26. The van der Waals surface area contributed by atoms with Crippen LogP contribution in [-0.2, 0) is 4.79 Å². The quantitative estimate of drug-likeness (QED) is 0.441. The van der Waals surface area contributed by atoms with Gasteiger partial charge >= 0.3 is 0 Å². The zero-order valence-electron chi connectivity index (χ0n) is 16.6. The summed E-state index contributed by atoms with van der Waals surface area (Å²) in [5, 5.41) is 20.7. The first-order valence-electron chi connectivity index (χ1n) is 9.96. The Morgan fingerprint density at radius 2 is 2.03 bits per heavy atom. The van der Waals surface area contributed by atoms with Crippen molar-refractivity contribution in [1.82, 2.24) is 14.9 Å². The van der Waals surface area contributed by atoms with Gasteiger partial charge in [0.2, 0.25) is 5.91 Å². The van der Waals surface area contributed by atoms with E-state index < -0.39 is 6.10 Å². The van der Waals surface area contributed by atoms with Crippen LogP contribution in [0, 0.1) is 0 Å². The number of carbonyl (C=O) groups excluding carboxylic acids is 2. The highest BCUT2D eigenvalue weighted by Crippen LogP contribution is 2.32. The summed E-state index contributed by atoms with van der Waals surface area (Å²) in [4.78, 5) is 34.7. The molecule has 0 unspecified atom stereocenters. The Labute approximate surface area is 175 Å². The van der Waals surface area contributed by atoms with E-state index in [1.54, 1.807) is 6.07 Å². The number of alkyl halides is 1. The van der Waals surface area contributed by atoms with E-state index in [0.29, 0.717) is 43.9 Å². The number of likely N-dealkylation sites (tertiary alicyclic amines) is 1. The monoisotopic (exact) mass is 422 g/mol. The average Bonchev–Trinajstić information content (AvgIpc) is 3.48. The number of ketones is 1. The van der Waals surface area contributed by atoms with Crippen molar-refractivity contribution in [1.29, 1.82) is 0 Å². The van der Waals surface area contributed by atoms with Crippen molar-refractivity contribution in [2.75, 3.05) is 24.3 Å². The number of piperidine rings is 1. The molecule has 2 aliphatic rings. The minimum absolute atomic E-state index is 0.106. The lowest BCUT2D eigenvalue weighted by atomic mass is 10.0. The molecule has 1 atom stereocenters. The molecule has 0 aliphatic carbocycles. The van der Waals surface area contributed by atoms with Crippen LogP contribution in [0.3, 0.4) is 0 Å². The van der Waals surface area contributed by atoms with Crippen molar-refractivity contribution in [2.24, 2.45) is 10.2 Å². The topological polar surface area (TPSA) is 120 Å². The number of aliphatic hydroxyl groups is 1. The molecule has 1 aromatic rings. The molecule has 1 amide bonds. The number of aliphatic hydroxyl groups excluding tert-OH is 1. The van der Waals surface area contributed by atoms with Gasteiger partial charge in [0.25, 0.3) is 0 Å². The summed E-state index contributed by atoms with van der Waals surface area (Å²) < 4.78 is 0. The summed E-state index contributed by atoms with van der Waals surface area (Å²) in [5.41, 5.74) is -0.0129. The van der Waals surface area contributed by atoms with E-state index in [0.717, 1.165) is 12.8 Å². The van der Waals surface area contributed by atoms with E-state index in [2.05, 4.69) is 25.5 Å². The molecule has 0 radical (unpaired) electrons. The molecule has 9 nitrogen and oxygen atoms in total. The van der Waals surface area contributed by atoms with Crippen molar-refractivity contribution in [3.05, 3.63) is 18.1 Å². The Kier molecular flexibility index (Phi) is 7.13. The largest absolute Gasteiger partial charge is 0.392 e. The maximum absolute atomic E-state index is 12.3. The van der Waals surface area contributed by atoms with Crippen LogP contribution >= 0.6 is 11.6 Å². The SMILES string of the molecule is CC1(CCC(=O)N2CCC(Nc3cc(C(=O)CC[C@H](O)CCl)ncn3)CC2)N=N1. The lowest BCUT2D eigenvalue weighted by Crippen LogP contribution is -2.42. The normalized spacial score (nSPS) is 19.1. The molecule has 0 bridgehead atoms. The third-order valence-corrected chi connectivity index (χ3v) is 5.65. The van der Waals surface area contributed by atoms with E-state index in [4.69, 9.17) is 11.6 Å². The highest BCUT2D eigenvalue weighted by Gasteiger charge is 2.35. The second-order valence-corrected chi connectivity index (χ2v) is 8.08.